The number of carbonyl (C=O) groups is 1. The summed E-state index contributed by atoms with van der Waals surface area (Å²) in [6.07, 6.45) is 4.34. The maximum atomic E-state index is 14.7. The van der Waals surface area contributed by atoms with E-state index in [1.54, 1.807) is 23.4 Å². The van der Waals surface area contributed by atoms with Crippen LogP contribution in [-0.4, -0.2) is 43.7 Å². The summed E-state index contributed by atoms with van der Waals surface area (Å²) in [6, 6.07) is 0. The zero-order valence-electron chi connectivity index (χ0n) is 17.1. The van der Waals surface area contributed by atoms with E-state index >= 15 is 0 Å². The number of nitrogens with zero attached hydrogens (tertiary/aromatic N) is 5. The molecule has 3 aromatic heterocycles. The highest BCUT2D eigenvalue weighted by molar-refractivity contribution is 7.07. The average Bonchev–Trinajstić information content (AvgIpc) is 3.40. The van der Waals surface area contributed by atoms with E-state index in [1.807, 2.05) is 19.2 Å². The van der Waals surface area contributed by atoms with Crippen LogP contribution in [0, 0.1) is 18.7 Å². The highest BCUT2D eigenvalue weighted by Gasteiger charge is 2.38. The van der Waals surface area contributed by atoms with Gasteiger partial charge in [-0.15, -0.1) is 11.3 Å². The van der Waals surface area contributed by atoms with Crippen LogP contribution < -0.4 is 10.6 Å². The lowest BCUT2D eigenvalue weighted by molar-refractivity contribution is -0.127. The molecule has 10 heteroatoms. The van der Waals surface area contributed by atoms with Crippen molar-refractivity contribution in [2.45, 2.75) is 32.2 Å². The molecule has 0 radical (unpaired) electrons. The molecule has 1 fully saturated rings. The Morgan fingerprint density at radius 1 is 1.33 bits per heavy atom. The van der Waals surface area contributed by atoms with E-state index in [1.165, 1.54) is 11.3 Å². The number of halogens is 1. The molecule has 0 spiro atoms. The van der Waals surface area contributed by atoms with E-state index in [4.69, 9.17) is 0 Å². The number of amides is 1. The fourth-order valence-electron chi connectivity index (χ4n) is 3.79. The van der Waals surface area contributed by atoms with Gasteiger partial charge >= 0.3 is 0 Å². The molecule has 0 saturated carbocycles. The molecule has 1 amide bonds. The molecule has 8 nitrogen and oxygen atoms in total. The van der Waals surface area contributed by atoms with Crippen LogP contribution in [0.3, 0.4) is 0 Å². The minimum Gasteiger partial charge on any atom is -0.338 e. The summed E-state index contributed by atoms with van der Waals surface area (Å²) in [7, 11) is 1.74. The normalized spacial score (nSPS) is 16.9. The Bertz CT molecular complexity index is 1030. The third kappa shape index (κ3) is 3.72. The van der Waals surface area contributed by atoms with Gasteiger partial charge in [0, 0.05) is 18.3 Å². The summed E-state index contributed by atoms with van der Waals surface area (Å²) in [5, 5.41) is 12.4. The van der Waals surface area contributed by atoms with Crippen molar-refractivity contribution in [2.75, 3.05) is 13.1 Å². The fraction of sp³-hybridized carbons (Fsp3) is 0.450. The zero-order valence-corrected chi connectivity index (χ0v) is 18.0. The standard InChI is InChI=1S/C20H24FN7OS/c1-12-8-25-28(3)17(12)16-14(21)9-23-19(26-16)20(2,15-10-30-11-24-15)27-18(29)13-4-6-22-7-5-13/h8-11,13,22H,4-7H2,1-3H3,(H,27,29). The molecule has 158 valence electrons. The van der Waals surface area contributed by atoms with Crippen molar-refractivity contribution in [3.05, 3.63) is 46.2 Å². The van der Waals surface area contributed by atoms with E-state index in [0.717, 1.165) is 37.7 Å². The Morgan fingerprint density at radius 2 is 2.10 bits per heavy atom. The number of nitrogens with one attached hydrogen (secondary N) is 2. The third-order valence-electron chi connectivity index (χ3n) is 5.57. The lowest BCUT2D eigenvalue weighted by Gasteiger charge is -2.31. The van der Waals surface area contributed by atoms with Gasteiger partial charge in [-0.25, -0.2) is 19.3 Å². The number of rotatable bonds is 5. The van der Waals surface area contributed by atoms with Crippen molar-refractivity contribution in [3.63, 3.8) is 0 Å². The summed E-state index contributed by atoms with van der Waals surface area (Å²) in [6.45, 7) is 5.28. The summed E-state index contributed by atoms with van der Waals surface area (Å²) >= 11 is 1.42. The fourth-order valence-corrected chi connectivity index (χ4v) is 4.45. The van der Waals surface area contributed by atoms with Crippen LogP contribution in [0.2, 0.25) is 0 Å². The van der Waals surface area contributed by atoms with Crippen molar-refractivity contribution in [1.29, 1.82) is 0 Å². The topological polar surface area (TPSA) is 97.6 Å². The molecule has 3 aromatic rings. The molecule has 0 aromatic carbocycles. The molecule has 4 heterocycles. The number of carbonyl (C=O) groups excluding carboxylic acids is 1. The molecule has 4 rings (SSSR count). The lowest BCUT2D eigenvalue weighted by Crippen LogP contribution is -2.49. The largest absolute Gasteiger partial charge is 0.338 e. The van der Waals surface area contributed by atoms with Gasteiger partial charge in [-0.1, -0.05) is 0 Å². The molecule has 1 aliphatic rings. The minimum absolute atomic E-state index is 0.0711. The number of hydrogen-bond acceptors (Lipinski definition) is 7. The Hall–Kier alpha value is -2.72. The predicted octanol–water partition coefficient (Wildman–Crippen LogP) is 2.16. The Balaban J connectivity index is 1.77. The van der Waals surface area contributed by atoms with Gasteiger partial charge in [0.25, 0.3) is 0 Å². The molecule has 2 N–H and O–H groups in total. The second-order valence-electron chi connectivity index (χ2n) is 7.70. The van der Waals surface area contributed by atoms with Crippen LogP contribution in [0.4, 0.5) is 4.39 Å². The molecular formula is C20H24FN7OS. The lowest BCUT2D eigenvalue weighted by atomic mass is 9.92. The average molecular weight is 430 g/mol. The highest BCUT2D eigenvalue weighted by atomic mass is 32.1. The molecule has 1 unspecified atom stereocenters. The van der Waals surface area contributed by atoms with Gasteiger partial charge < -0.3 is 10.6 Å². The number of hydrogen-bond donors (Lipinski definition) is 2. The monoisotopic (exact) mass is 429 g/mol. The molecule has 0 aliphatic carbocycles. The highest BCUT2D eigenvalue weighted by Crippen LogP contribution is 2.31. The van der Waals surface area contributed by atoms with E-state index in [-0.39, 0.29) is 23.3 Å². The second-order valence-corrected chi connectivity index (χ2v) is 8.42. The Kier molecular flexibility index (Phi) is 5.61. The summed E-state index contributed by atoms with van der Waals surface area (Å²) in [4.78, 5) is 26.3. The first-order valence-corrected chi connectivity index (χ1v) is 10.8. The Morgan fingerprint density at radius 3 is 2.73 bits per heavy atom. The summed E-state index contributed by atoms with van der Waals surface area (Å²) in [5.74, 6) is -0.426. The van der Waals surface area contributed by atoms with Gasteiger partial charge in [-0.3, -0.25) is 9.48 Å². The van der Waals surface area contributed by atoms with Crippen molar-refractivity contribution in [2.24, 2.45) is 13.0 Å². The number of thiazole rings is 1. The van der Waals surface area contributed by atoms with Gasteiger partial charge in [0.05, 0.1) is 29.3 Å². The van der Waals surface area contributed by atoms with E-state index in [2.05, 4.69) is 30.7 Å². The zero-order chi connectivity index (χ0) is 21.3. The van der Waals surface area contributed by atoms with E-state index < -0.39 is 11.4 Å². The first-order chi connectivity index (χ1) is 14.4. The van der Waals surface area contributed by atoms with Crippen LogP contribution in [-0.2, 0) is 17.4 Å². The van der Waals surface area contributed by atoms with E-state index in [0.29, 0.717) is 11.4 Å². The molecule has 1 aliphatic heterocycles. The van der Waals surface area contributed by atoms with Crippen LogP contribution in [0.1, 0.15) is 36.8 Å². The maximum Gasteiger partial charge on any atom is 0.224 e. The van der Waals surface area contributed by atoms with Crippen molar-refractivity contribution in [3.8, 4) is 11.4 Å². The Labute approximate surface area is 178 Å². The number of aryl methyl sites for hydroxylation is 2. The van der Waals surface area contributed by atoms with Gasteiger partial charge in [0.1, 0.15) is 11.2 Å². The molecule has 30 heavy (non-hydrogen) atoms. The van der Waals surface area contributed by atoms with Crippen molar-refractivity contribution < 1.29 is 9.18 Å². The first kappa shape index (κ1) is 20.5. The third-order valence-corrected chi connectivity index (χ3v) is 6.15. The van der Waals surface area contributed by atoms with Crippen molar-refractivity contribution in [1.82, 2.24) is 35.4 Å². The van der Waals surface area contributed by atoms with Crippen LogP contribution in [0.15, 0.2) is 23.3 Å². The van der Waals surface area contributed by atoms with Gasteiger partial charge in [0.2, 0.25) is 5.91 Å². The number of aromatic nitrogens is 5. The molecule has 1 atom stereocenters. The van der Waals surface area contributed by atoms with Gasteiger partial charge in [-0.05, 0) is 45.3 Å². The summed E-state index contributed by atoms with van der Waals surface area (Å²) < 4.78 is 16.3. The molecule has 1 saturated heterocycles. The van der Waals surface area contributed by atoms with Crippen LogP contribution >= 0.6 is 11.3 Å². The van der Waals surface area contributed by atoms with Crippen LogP contribution in [0.25, 0.3) is 11.4 Å². The van der Waals surface area contributed by atoms with Crippen LogP contribution in [0.5, 0.6) is 0 Å². The van der Waals surface area contributed by atoms with Crippen molar-refractivity contribution >= 4 is 17.2 Å². The quantitative estimate of drug-likeness (QED) is 0.645. The minimum atomic E-state index is -1.09. The first-order valence-electron chi connectivity index (χ1n) is 9.83. The maximum absolute atomic E-state index is 14.7. The van der Waals surface area contributed by atoms with Gasteiger partial charge in [-0.2, -0.15) is 5.10 Å². The molecular weight excluding hydrogens is 405 g/mol. The van der Waals surface area contributed by atoms with Gasteiger partial charge in [0.15, 0.2) is 11.6 Å². The predicted molar refractivity (Wildman–Crippen MR) is 111 cm³/mol. The SMILES string of the molecule is Cc1cnn(C)c1-c1nc(C(C)(NC(=O)C2CCNCC2)c2cscn2)ncc1F. The summed E-state index contributed by atoms with van der Waals surface area (Å²) in [5.41, 5.74) is 2.75. The second kappa shape index (κ2) is 8.19. The molecule has 0 bridgehead atoms. The smallest absolute Gasteiger partial charge is 0.224 e. The van der Waals surface area contributed by atoms with E-state index in [9.17, 15) is 9.18 Å². The number of piperidine rings is 1.